The number of nitrogens with zero attached hydrogens (tertiary/aromatic N) is 1. The molecular weight excluding hydrogens is 238 g/mol. The summed E-state index contributed by atoms with van der Waals surface area (Å²) in [5.74, 6) is -0.0576. The third-order valence-corrected chi connectivity index (χ3v) is 3.48. The third kappa shape index (κ3) is 2.21. The lowest BCUT2D eigenvalue weighted by Crippen LogP contribution is -2.16. The van der Waals surface area contributed by atoms with Crippen molar-refractivity contribution in [3.63, 3.8) is 0 Å². The first-order valence-electron chi connectivity index (χ1n) is 6.61. The first-order valence-corrected chi connectivity index (χ1v) is 6.61. The normalized spacial score (nSPS) is 12.9. The van der Waals surface area contributed by atoms with Gasteiger partial charge in [0.05, 0.1) is 0 Å². The van der Waals surface area contributed by atoms with Crippen LogP contribution in [-0.2, 0) is 13.0 Å². The van der Waals surface area contributed by atoms with Gasteiger partial charge in [-0.15, -0.1) is 0 Å². The quantitative estimate of drug-likeness (QED) is 0.885. The number of aryl methyl sites for hydroxylation is 1. The van der Waals surface area contributed by atoms with E-state index in [1.54, 1.807) is 0 Å². The van der Waals surface area contributed by atoms with Crippen molar-refractivity contribution in [2.45, 2.75) is 19.9 Å². The van der Waals surface area contributed by atoms with Gasteiger partial charge in [-0.3, -0.25) is 4.79 Å². The molecule has 0 unspecified atom stereocenters. The third-order valence-electron chi connectivity index (χ3n) is 3.48. The summed E-state index contributed by atoms with van der Waals surface area (Å²) < 4.78 is 1.93. The number of carbonyl (C=O) groups excluding carboxylic acids is 1. The molecule has 1 aliphatic rings. The predicted molar refractivity (Wildman–Crippen MR) is 76.7 cm³/mol. The molecule has 0 radical (unpaired) electrons. The van der Waals surface area contributed by atoms with Crippen LogP contribution in [0.5, 0.6) is 0 Å². The van der Waals surface area contributed by atoms with Gasteiger partial charge in [-0.05, 0) is 49.2 Å². The number of carbonyl (C=O) groups is 1. The smallest absolute Gasteiger partial charge is 0.272 e. The highest BCUT2D eigenvalue weighted by molar-refractivity contribution is 6.03. The molecule has 2 aromatic rings. The zero-order chi connectivity index (χ0) is 13.2. The molecule has 4 heteroatoms. The Bertz CT molecular complexity index is 616. The number of aromatic nitrogens is 1. The molecule has 0 spiro atoms. The summed E-state index contributed by atoms with van der Waals surface area (Å²) in [4.78, 5) is 12.2. The van der Waals surface area contributed by atoms with E-state index < -0.39 is 0 Å². The Morgan fingerprint density at radius 1 is 1.42 bits per heavy atom. The molecule has 1 aromatic heterocycles. The van der Waals surface area contributed by atoms with Crippen molar-refractivity contribution in [2.24, 2.45) is 0 Å². The summed E-state index contributed by atoms with van der Waals surface area (Å²) in [5, 5.41) is 6.27. The molecule has 3 rings (SSSR count). The summed E-state index contributed by atoms with van der Waals surface area (Å²) in [5.41, 5.74) is 4.00. The number of fused-ring (bicyclic) bond motifs is 1. The fourth-order valence-corrected chi connectivity index (χ4v) is 2.47. The fourth-order valence-electron chi connectivity index (χ4n) is 2.47. The number of nitrogens with one attached hydrogen (secondary N) is 2. The minimum absolute atomic E-state index is 0.0576. The van der Waals surface area contributed by atoms with Crippen LogP contribution in [0.15, 0.2) is 36.5 Å². The van der Waals surface area contributed by atoms with Crippen molar-refractivity contribution in [2.75, 3.05) is 17.2 Å². The average molecular weight is 255 g/mol. The second-order valence-electron chi connectivity index (χ2n) is 4.68. The first-order chi connectivity index (χ1) is 9.28. The van der Waals surface area contributed by atoms with E-state index in [9.17, 15) is 4.79 Å². The maximum absolute atomic E-state index is 12.2. The number of anilines is 2. The summed E-state index contributed by atoms with van der Waals surface area (Å²) in [6, 6.07) is 9.75. The van der Waals surface area contributed by atoms with Gasteiger partial charge < -0.3 is 15.2 Å². The Morgan fingerprint density at radius 3 is 3.16 bits per heavy atom. The van der Waals surface area contributed by atoms with Gasteiger partial charge in [-0.1, -0.05) is 0 Å². The molecule has 0 saturated carbocycles. The molecule has 0 fully saturated rings. The maximum atomic E-state index is 12.2. The largest absolute Gasteiger partial charge is 0.384 e. The van der Waals surface area contributed by atoms with Crippen molar-refractivity contribution < 1.29 is 4.79 Å². The zero-order valence-electron chi connectivity index (χ0n) is 10.9. The number of hydrogen-bond acceptors (Lipinski definition) is 2. The molecular formula is C15H17N3O. The highest BCUT2D eigenvalue weighted by atomic mass is 16.1. The Balaban J connectivity index is 1.80. The van der Waals surface area contributed by atoms with E-state index >= 15 is 0 Å². The first kappa shape index (κ1) is 11.8. The Labute approximate surface area is 112 Å². The van der Waals surface area contributed by atoms with Crippen LogP contribution >= 0.6 is 0 Å². The Morgan fingerprint density at radius 2 is 2.32 bits per heavy atom. The number of amides is 1. The van der Waals surface area contributed by atoms with E-state index in [1.165, 1.54) is 11.3 Å². The molecule has 1 aliphatic heterocycles. The van der Waals surface area contributed by atoms with E-state index in [0.717, 1.165) is 25.2 Å². The van der Waals surface area contributed by atoms with Gasteiger partial charge in [-0.2, -0.15) is 0 Å². The summed E-state index contributed by atoms with van der Waals surface area (Å²) >= 11 is 0. The van der Waals surface area contributed by atoms with Crippen LogP contribution in [0.1, 0.15) is 23.0 Å². The molecule has 2 heterocycles. The maximum Gasteiger partial charge on any atom is 0.272 e. The van der Waals surface area contributed by atoms with Gasteiger partial charge in [0.1, 0.15) is 5.69 Å². The monoisotopic (exact) mass is 255 g/mol. The highest BCUT2D eigenvalue weighted by Gasteiger charge is 2.13. The molecule has 4 nitrogen and oxygen atoms in total. The second-order valence-corrected chi connectivity index (χ2v) is 4.68. The fraction of sp³-hybridized carbons (Fsp3) is 0.267. The standard InChI is InChI=1S/C15H17N3O/c1-2-18-9-3-4-14(18)15(19)17-12-5-6-13-11(10-12)7-8-16-13/h3-6,9-10,16H,2,7-8H2,1H3,(H,17,19). The van der Waals surface area contributed by atoms with Crippen molar-refractivity contribution in [3.05, 3.63) is 47.8 Å². The van der Waals surface area contributed by atoms with Crippen LogP contribution in [0.3, 0.4) is 0 Å². The van der Waals surface area contributed by atoms with E-state index in [1.807, 2.05) is 48.0 Å². The lowest BCUT2D eigenvalue weighted by atomic mass is 10.1. The summed E-state index contributed by atoms with van der Waals surface area (Å²) in [7, 11) is 0. The predicted octanol–water partition coefficient (Wildman–Crippen LogP) is 2.73. The molecule has 0 bridgehead atoms. The van der Waals surface area contributed by atoms with Gasteiger partial charge in [0.2, 0.25) is 0 Å². The molecule has 2 N–H and O–H groups in total. The molecule has 0 saturated heterocycles. The van der Waals surface area contributed by atoms with Crippen molar-refractivity contribution in [1.29, 1.82) is 0 Å². The van der Waals surface area contributed by atoms with Gasteiger partial charge in [-0.25, -0.2) is 0 Å². The van der Waals surface area contributed by atoms with Crippen molar-refractivity contribution in [1.82, 2.24) is 4.57 Å². The number of hydrogen-bond donors (Lipinski definition) is 2. The van der Waals surface area contributed by atoms with Crippen molar-refractivity contribution >= 4 is 17.3 Å². The SMILES string of the molecule is CCn1cccc1C(=O)Nc1ccc2c(c1)CCN2. The Kier molecular flexibility index (Phi) is 2.99. The summed E-state index contributed by atoms with van der Waals surface area (Å²) in [6.45, 7) is 3.80. The van der Waals surface area contributed by atoms with E-state index in [0.29, 0.717) is 5.69 Å². The van der Waals surface area contributed by atoms with Crippen LogP contribution in [0.4, 0.5) is 11.4 Å². The lowest BCUT2D eigenvalue weighted by Gasteiger charge is -2.09. The summed E-state index contributed by atoms with van der Waals surface area (Å²) in [6.07, 6.45) is 2.94. The van der Waals surface area contributed by atoms with Gasteiger partial charge in [0.25, 0.3) is 5.91 Å². The average Bonchev–Trinajstić information content (AvgIpc) is 3.06. The topological polar surface area (TPSA) is 46.1 Å². The van der Waals surface area contributed by atoms with Crippen LogP contribution in [0.25, 0.3) is 0 Å². The highest BCUT2D eigenvalue weighted by Crippen LogP contribution is 2.25. The van der Waals surface area contributed by atoms with E-state index in [4.69, 9.17) is 0 Å². The second kappa shape index (κ2) is 4.80. The Hall–Kier alpha value is -2.23. The van der Waals surface area contributed by atoms with Crippen LogP contribution in [0, 0.1) is 0 Å². The molecule has 1 aromatic carbocycles. The minimum atomic E-state index is -0.0576. The lowest BCUT2D eigenvalue weighted by molar-refractivity contribution is 0.101. The molecule has 19 heavy (non-hydrogen) atoms. The van der Waals surface area contributed by atoms with Gasteiger partial charge in [0.15, 0.2) is 0 Å². The molecule has 0 aliphatic carbocycles. The number of benzene rings is 1. The minimum Gasteiger partial charge on any atom is -0.384 e. The van der Waals surface area contributed by atoms with Gasteiger partial charge in [0, 0.05) is 30.7 Å². The van der Waals surface area contributed by atoms with Gasteiger partial charge >= 0.3 is 0 Å². The molecule has 98 valence electrons. The number of rotatable bonds is 3. The van der Waals surface area contributed by atoms with Crippen LogP contribution in [-0.4, -0.2) is 17.0 Å². The molecule has 1 amide bonds. The van der Waals surface area contributed by atoms with E-state index in [2.05, 4.69) is 10.6 Å². The van der Waals surface area contributed by atoms with Crippen LogP contribution < -0.4 is 10.6 Å². The zero-order valence-corrected chi connectivity index (χ0v) is 10.9. The van der Waals surface area contributed by atoms with Crippen molar-refractivity contribution in [3.8, 4) is 0 Å². The van der Waals surface area contributed by atoms with E-state index in [-0.39, 0.29) is 5.91 Å². The van der Waals surface area contributed by atoms with Crippen LogP contribution in [0.2, 0.25) is 0 Å². The molecule has 0 atom stereocenters.